The lowest BCUT2D eigenvalue weighted by Crippen LogP contribution is -2.18. The van der Waals surface area contributed by atoms with Crippen molar-refractivity contribution in [3.63, 3.8) is 0 Å². The molecule has 1 aromatic rings. The number of aliphatic hydroxyl groups is 2. The molecule has 0 aliphatic heterocycles. The van der Waals surface area contributed by atoms with Crippen molar-refractivity contribution in [1.82, 2.24) is 0 Å². The van der Waals surface area contributed by atoms with Crippen LogP contribution in [0.5, 0.6) is 0 Å². The molecule has 3 rings (SSSR count). The van der Waals surface area contributed by atoms with Crippen LogP contribution in [0.25, 0.3) is 0 Å². The third kappa shape index (κ3) is 5.55. The monoisotopic (exact) mass is 384 g/mol. The van der Waals surface area contributed by atoms with Gasteiger partial charge in [-0.3, -0.25) is 4.79 Å². The molecule has 3 N–H and O–H groups in total. The fourth-order valence-corrected chi connectivity index (χ4v) is 4.82. The van der Waals surface area contributed by atoms with E-state index < -0.39 is 12.1 Å². The minimum absolute atomic E-state index is 0.0879. The van der Waals surface area contributed by atoms with Crippen LogP contribution >= 0.6 is 0 Å². The van der Waals surface area contributed by atoms with Gasteiger partial charge in [-0.2, -0.15) is 0 Å². The van der Waals surface area contributed by atoms with E-state index in [1.165, 1.54) is 11.1 Å². The Morgan fingerprint density at radius 3 is 2.89 bits per heavy atom. The number of carboxylic acid groups (broad SMARTS) is 1. The molecule has 1 fully saturated rings. The van der Waals surface area contributed by atoms with Gasteiger partial charge in [-0.05, 0) is 56.4 Å². The second kappa shape index (κ2) is 9.53. The van der Waals surface area contributed by atoms with Crippen molar-refractivity contribution < 1.29 is 20.1 Å². The molecule has 1 saturated carbocycles. The number of allylic oxidation sites excluding steroid dienone is 2. The number of aryl methyl sites for hydroxylation is 1. The Labute approximate surface area is 167 Å². The molecule has 5 atom stereocenters. The largest absolute Gasteiger partial charge is 0.481 e. The average Bonchev–Trinajstić information content (AvgIpc) is 3.13. The zero-order valence-corrected chi connectivity index (χ0v) is 16.6. The summed E-state index contributed by atoms with van der Waals surface area (Å²) in [6.07, 6.45) is 10.5. The van der Waals surface area contributed by atoms with E-state index in [0.717, 1.165) is 37.7 Å². The predicted octanol–water partition coefficient (Wildman–Crippen LogP) is 4.04. The Kier molecular flexibility index (Phi) is 7.08. The number of benzene rings is 1. The quantitative estimate of drug-likeness (QED) is 0.443. The van der Waals surface area contributed by atoms with Gasteiger partial charge in [0.05, 0.1) is 12.2 Å². The molecule has 0 amide bonds. The van der Waals surface area contributed by atoms with Gasteiger partial charge in [-0.15, -0.1) is 0 Å². The van der Waals surface area contributed by atoms with Crippen molar-refractivity contribution in [2.75, 3.05) is 0 Å². The minimum atomic E-state index is -0.727. The van der Waals surface area contributed by atoms with Gasteiger partial charge in [0.15, 0.2) is 0 Å². The van der Waals surface area contributed by atoms with Crippen molar-refractivity contribution in [1.29, 1.82) is 0 Å². The molecule has 0 saturated heterocycles. The van der Waals surface area contributed by atoms with Crippen molar-refractivity contribution >= 4 is 5.97 Å². The lowest BCUT2D eigenvalue weighted by atomic mass is 9.88. The summed E-state index contributed by atoms with van der Waals surface area (Å²) in [4.78, 5) is 10.6. The van der Waals surface area contributed by atoms with E-state index in [1.54, 1.807) is 0 Å². The van der Waals surface area contributed by atoms with Crippen molar-refractivity contribution in [3.8, 4) is 0 Å². The molecule has 1 unspecified atom stereocenters. The number of hydrogen-bond donors (Lipinski definition) is 3. The maximum atomic E-state index is 10.6. The molecule has 0 aromatic heterocycles. The van der Waals surface area contributed by atoms with Crippen LogP contribution in [0.4, 0.5) is 0 Å². The molecule has 4 nitrogen and oxygen atoms in total. The van der Waals surface area contributed by atoms with Crippen LogP contribution in [-0.4, -0.2) is 33.5 Å². The number of fused-ring (bicyclic) bond motifs is 1. The van der Waals surface area contributed by atoms with E-state index in [1.807, 2.05) is 37.3 Å². The SMILES string of the molecule is Cc1cccc(C[C@@H](O)/C=C/[C@H]2[C@H](O)CC3C=C(CCCCC(=O)O)C[C@@H]32)c1. The number of rotatable bonds is 9. The highest BCUT2D eigenvalue weighted by Gasteiger charge is 2.43. The number of unbranched alkanes of at least 4 members (excludes halogenated alkanes) is 1. The highest BCUT2D eigenvalue weighted by molar-refractivity contribution is 5.66. The molecule has 1 aromatic carbocycles. The van der Waals surface area contributed by atoms with Crippen LogP contribution in [0, 0.1) is 24.7 Å². The van der Waals surface area contributed by atoms with E-state index in [4.69, 9.17) is 5.11 Å². The Morgan fingerprint density at radius 2 is 2.14 bits per heavy atom. The van der Waals surface area contributed by atoms with Gasteiger partial charge >= 0.3 is 5.97 Å². The van der Waals surface area contributed by atoms with Crippen LogP contribution in [0.1, 0.15) is 49.7 Å². The summed E-state index contributed by atoms with van der Waals surface area (Å²) in [5.41, 5.74) is 3.72. The lowest BCUT2D eigenvalue weighted by Gasteiger charge is -2.19. The third-order valence-corrected chi connectivity index (χ3v) is 6.17. The zero-order chi connectivity index (χ0) is 20.1. The summed E-state index contributed by atoms with van der Waals surface area (Å²) >= 11 is 0. The van der Waals surface area contributed by atoms with E-state index in [9.17, 15) is 15.0 Å². The smallest absolute Gasteiger partial charge is 0.303 e. The second-order valence-corrected chi connectivity index (χ2v) is 8.48. The molecule has 0 spiro atoms. The normalized spacial score (nSPS) is 27.8. The predicted molar refractivity (Wildman–Crippen MR) is 110 cm³/mol. The van der Waals surface area contributed by atoms with Crippen molar-refractivity contribution in [2.45, 2.75) is 64.1 Å². The summed E-state index contributed by atoms with van der Waals surface area (Å²) in [5.74, 6) is 0.180. The van der Waals surface area contributed by atoms with E-state index in [0.29, 0.717) is 18.3 Å². The lowest BCUT2D eigenvalue weighted by molar-refractivity contribution is -0.137. The zero-order valence-electron chi connectivity index (χ0n) is 16.6. The first kappa shape index (κ1) is 20.8. The first-order valence-corrected chi connectivity index (χ1v) is 10.4. The fourth-order valence-electron chi connectivity index (χ4n) is 4.82. The standard InChI is InChI=1S/C24H32O4/c1-16-5-4-7-17(11-16)13-20(25)9-10-21-22-14-18(6-2-3-8-24(27)28)12-19(22)15-23(21)26/h4-5,7,9-12,19-23,25-26H,2-3,6,8,13-15H2,1H3,(H,27,28)/b10-9+/t19?,20-,21+,22-,23+/m0/s1. The van der Waals surface area contributed by atoms with Crippen LogP contribution in [-0.2, 0) is 11.2 Å². The number of hydrogen-bond acceptors (Lipinski definition) is 3. The molecule has 2 aliphatic carbocycles. The van der Waals surface area contributed by atoms with Gasteiger partial charge in [0.2, 0.25) is 0 Å². The number of aliphatic carboxylic acids is 1. The first-order valence-electron chi connectivity index (χ1n) is 10.4. The second-order valence-electron chi connectivity index (χ2n) is 8.48. The van der Waals surface area contributed by atoms with Gasteiger partial charge in [0, 0.05) is 18.8 Å². The Hall–Kier alpha value is -1.91. The van der Waals surface area contributed by atoms with E-state index in [2.05, 4.69) is 12.1 Å². The molecule has 28 heavy (non-hydrogen) atoms. The fraction of sp³-hybridized carbons (Fsp3) is 0.542. The number of carboxylic acids is 1. The molecule has 0 bridgehead atoms. The van der Waals surface area contributed by atoms with Gasteiger partial charge in [-0.1, -0.05) is 53.6 Å². The first-order chi connectivity index (χ1) is 13.4. The van der Waals surface area contributed by atoms with E-state index in [-0.39, 0.29) is 18.4 Å². The molecular formula is C24H32O4. The average molecular weight is 385 g/mol. The molecule has 2 aliphatic rings. The van der Waals surface area contributed by atoms with Gasteiger partial charge in [0.25, 0.3) is 0 Å². The Bertz CT molecular complexity index is 736. The summed E-state index contributed by atoms with van der Waals surface area (Å²) in [6, 6.07) is 8.18. The number of carbonyl (C=O) groups is 1. The maximum absolute atomic E-state index is 10.6. The summed E-state index contributed by atoms with van der Waals surface area (Å²) < 4.78 is 0. The van der Waals surface area contributed by atoms with Gasteiger partial charge in [0.1, 0.15) is 0 Å². The molecule has 0 radical (unpaired) electrons. The summed E-state index contributed by atoms with van der Waals surface area (Å²) in [7, 11) is 0. The Morgan fingerprint density at radius 1 is 1.32 bits per heavy atom. The minimum Gasteiger partial charge on any atom is -0.481 e. The highest BCUT2D eigenvalue weighted by Crippen LogP contribution is 2.48. The molecule has 4 heteroatoms. The highest BCUT2D eigenvalue weighted by atomic mass is 16.4. The Balaban J connectivity index is 1.51. The van der Waals surface area contributed by atoms with Crippen LogP contribution in [0.15, 0.2) is 48.1 Å². The topological polar surface area (TPSA) is 77.8 Å². The van der Waals surface area contributed by atoms with Crippen LogP contribution in [0.2, 0.25) is 0 Å². The van der Waals surface area contributed by atoms with Crippen molar-refractivity contribution in [2.24, 2.45) is 17.8 Å². The molecule has 152 valence electrons. The number of aliphatic hydroxyl groups excluding tert-OH is 2. The van der Waals surface area contributed by atoms with Crippen LogP contribution in [0.3, 0.4) is 0 Å². The summed E-state index contributed by atoms with van der Waals surface area (Å²) in [6.45, 7) is 2.05. The maximum Gasteiger partial charge on any atom is 0.303 e. The van der Waals surface area contributed by atoms with Gasteiger partial charge in [-0.25, -0.2) is 0 Å². The van der Waals surface area contributed by atoms with Gasteiger partial charge < -0.3 is 15.3 Å². The third-order valence-electron chi connectivity index (χ3n) is 6.17. The van der Waals surface area contributed by atoms with Crippen molar-refractivity contribution in [3.05, 3.63) is 59.2 Å². The van der Waals surface area contributed by atoms with Crippen LogP contribution < -0.4 is 0 Å². The molecular weight excluding hydrogens is 352 g/mol. The molecule has 0 heterocycles. The van der Waals surface area contributed by atoms with E-state index >= 15 is 0 Å². The summed E-state index contributed by atoms with van der Waals surface area (Å²) in [5, 5.41) is 29.6.